The topological polar surface area (TPSA) is 55.1 Å². The molecule has 144 valence electrons. The van der Waals surface area contributed by atoms with Crippen molar-refractivity contribution < 1.29 is 9.21 Å². The first-order valence-corrected chi connectivity index (χ1v) is 10.0. The molecule has 2 aromatic carbocycles. The van der Waals surface area contributed by atoms with E-state index in [0.717, 1.165) is 48.2 Å². The van der Waals surface area contributed by atoms with Gasteiger partial charge in [0.2, 0.25) is 11.8 Å². The molecule has 1 saturated carbocycles. The average molecular weight is 374 g/mol. The molecule has 3 aromatic rings. The number of carbonyl (C=O) groups excluding carboxylic acids is 1. The number of hydrogen-bond acceptors (Lipinski definition) is 3. The van der Waals surface area contributed by atoms with Gasteiger partial charge in [0, 0.05) is 22.7 Å². The second-order valence-electron chi connectivity index (χ2n) is 7.76. The van der Waals surface area contributed by atoms with E-state index in [0.29, 0.717) is 5.89 Å². The van der Waals surface area contributed by atoms with Crippen molar-refractivity contribution in [3.8, 4) is 22.7 Å². The Hall–Kier alpha value is -2.88. The van der Waals surface area contributed by atoms with Crippen LogP contribution in [0.3, 0.4) is 0 Å². The second kappa shape index (κ2) is 8.01. The van der Waals surface area contributed by atoms with Crippen LogP contribution in [0.5, 0.6) is 0 Å². The van der Waals surface area contributed by atoms with Gasteiger partial charge in [0.25, 0.3) is 0 Å². The lowest BCUT2D eigenvalue weighted by Gasteiger charge is -2.20. The molecule has 1 aliphatic carbocycles. The lowest BCUT2D eigenvalue weighted by atomic mass is 9.88. The predicted molar refractivity (Wildman–Crippen MR) is 112 cm³/mol. The van der Waals surface area contributed by atoms with Gasteiger partial charge >= 0.3 is 0 Å². The van der Waals surface area contributed by atoms with Crippen molar-refractivity contribution in [1.82, 2.24) is 4.98 Å². The molecule has 1 aliphatic rings. The summed E-state index contributed by atoms with van der Waals surface area (Å²) in [5.41, 5.74) is 6.01. The molecule has 0 saturated heterocycles. The van der Waals surface area contributed by atoms with Gasteiger partial charge in [-0.05, 0) is 62.6 Å². The summed E-state index contributed by atoms with van der Waals surface area (Å²) in [6.45, 7) is 4.15. The minimum absolute atomic E-state index is 0.140. The van der Waals surface area contributed by atoms with Crippen molar-refractivity contribution >= 4 is 11.6 Å². The molecule has 1 N–H and O–H groups in total. The van der Waals surface area contributed by atoms with E-state index in [4.69, 9.17) is 4.42 Å². The molecule has 0 spiro atoms. The van der Waals surface area contributed by atoms with E-state index in [9.17, 15) is 4.79 Å². The van der Waals surface area contributed by atoms with E-state index in [1.54, 1.807) is 6.26 Å². The van der Waals surface area contributed by atoms with E-state index in [1.165, 1.54) is 17.5 Å². The lowest BCUT2D eigenvalue weighted by Crippen LogP contribution is -2.24. The van der Waals surface area contributed by atoms with Gasteiger partial charge in [-0.25, -0.2) is 4.98 Å². The first kappa shape index (κ1) is 18.5. The normalized spacial score (nSPS) is 14.8. The minimum Gasteiger partial charge on any atom is -0.444 e. The molecular formula is C24H26N2O2. The molecule has 1 heterocycles. The van der Waals surface area contributed by atoms with E-state index >= 15 is 0 Å². The summed E-state index contributed by atoms with van der Waals surface area (Å²) in [7, 11) is 0. The monoisotopic (exact) mass is 374 g/mol. The summed E-state index contributed by atoms with van der Waals surface area (Å²) in [4.78, 5) is 17.1. The molecule has 0 atom stereocenters. The Kier molecular flexibility index (Phi) is 5.29. The number of aromatic nitrogens is 1. The highest BCUT2D eigenvalue weighted by Crippen LogP contribution is 2.29. The number of aryl methyl sites for hydroxylation is 2. The zero-order valence-electron chi connectivity index (χ0n) is 16.5. The quantitative estimate of drug-likeness (QED) is 0.596. The number of rotatable bonds is 4. The maximum atomic E-state index is 12.4. The van der Waals surface area contributed by atoms with Gasteiger partial charge in [0.1, 0.15) is 12.0 Å². The van der Waals surface area contributed by atoms with Crippen LogP contribution in [0.1, 0.15) is 43.2 Å². The van der Waals surface area contributed by atoms with Crippen LogP contribution in [0, 0.1) is 19.8 Å². The number of amides is 1. The fourth-order valence-electron chi connectivity index (χ4n) is 3.85. The van der Waals surface area contributed by atoms with Gasteiger partial charge in [0.15, 0.2) is 0 Å². The van der Waals surface area contributed by atoms with E-state index in [-0.39, 0.29) is 11.8 Å². The molecule has 0 aliphatic heterocycles. The molecule has 4 nitrogen and oxygen atoms in total. The third-order valence-electron chi connectivity index (χ3n) is 5.55. The summed E-state index contributed by atoms with van der Waals surface area (Å²) in [6.07, 6.45) is 7.27. The van der Waals surface area contributed by atoms with Gasteiger partial charge in [-0.3, -0.25) is 4.79 Å². The highest BCUT2D eigenvalue weighted by atomic mass is 16.3. The Morgan fingerprint density at radius 2 is 1.79 bits per heavy atom. The van der Waals surface area contributed by atoms with Crippen molar-refractivity contribution in [3.05, 3.63) is 59.9 Å². The maximum Gasteiger partial charge on any atom is 0.227 e. The lowest BCUT2D eigenvalue weighted by molar-refractivity contribution is -0.120. The predicted octanol–water partition coefficient (Wildman–Crippen LogP) is 6.14. The Bertz CT molecular complexity index is 967. The molecule has 1 fully saturated rings. The van der Waals surface area contributed by atoms with Crippen molar-refractivity contribution in [2.45, 2.75) is 46.0 Å². The SMILES string of the molecule is Cc1ccc(C)c(-c2coc(-c3ccc(NC(=O)C4CCCCC4)cc3)n2)c1. The van der Waals surface area contributed by atoms with Gasteiger partial charge < -0.3 is 9.73 Å². The molecule has 4 heteroatoms. The highest BCUT2D eigenvalue weighted by Gasteiger charge is 2.21. The largest absolute Gasteiger partial charge is 0.444 e. The Balaban J connectivity index is 1.48. The van der Waals surface area contributed by atoms with Crippen molar-refractivity contribution in [2.75, 3.05) is 5.32 Å². The summed E-state index contributed by atoms with van der Waals surface area (Å²) in [5.74, 6) is 0.877. The first-order valence-electron chi connectivity index (χ1n) is 10.0. The first-order chi connectivity index (χ1) is 13.6. The van der Waals surface area contributed by atoms with Crippen LogP contribution in [0.2, 0.25) is 0 Å². The maximum absolute atomic E-state index is 12.4. The average Bonchev–Trinajstić information content (AvgIpc) is 3.21. The van der Waals surface area contributed by atoms with Crippen LogP contribution in [-0.4, -0.2) is 10.9 Å². The van der Waals surface area contributed by atoms with Crippen molar-refractivity contribution in [3.63, 3.8) is 0 Å². The van der Waals surface area contributed by atoms with Crippen molar-refractivity contribution in [1.29, 1.82) is 0 Å². The fourth-order valence-corrected chi connectivity index (χ4v) is 3.85. The molecule has 4 rings (SSSR count). The Morgan fingerprint density at radius 3 is 2.54 bits per heavy atom. The van der Waals surface area contributed by atoms with Crippen LogP contribution in [0.15, 0.2) is 53.1 Å². The number of benzene rings is 2. The molecule has 1 amide bonds. The molecule has 0 bridgehead atoms. The smallest absolute Gasteiger partial charge is 0.227 e. The number of hydrogen-bond donors (Lipinski definition) is 1. The van der Waals surface area contributed by atoms with Gasteiger partial charge in [0.05, 0.1) is 0 Å². The highest BCUT2D eigenvalue weighted by molar-refractivity contribution is 5.92. The summed E-state index contributed by atoms with van der Waals surface area (Å²) >= 11 is 0. The third-order valence-corrected chi connectivity index (χ3v) is 5.55. The summed E-state index contributed by atoms with van der Waals surface area (Å²) in [5, 5.41) is 3.05. The fraction of sp³-hybridized carbons (Fsp3) is 0.333. The standard InChI is InChI=1S/C24H26N2O2/c1-16-8-9-17(2)21(14-16)22-15-28-24(26-22)19-10-12-20(13-11-19)25-23(27)18-6-4-3-5-7-18/h8-15,18H,3-7H2,1-2H3,(H,25,27). The van der Waals surface area contributed by atoms with Crippen LogP contribution in [0.4, 0.5) is 5.69 Å². The Morgan fingerprint density at radius 1 is 1.04 bits per heavy atom. The van der Waals surface area contributed by atoms with Crippen LogP contribution in [-0.2, 0) is 4.79 Å². The number of anilines is 1. The number of oxazole rings is 1. The number of nitrogens with zero attached hydrogens (tertiary/aromatic N) is 1. The number of nitrogens with one attached hydrogen (secondary N) is 1. The zero-order chi connectivity index (χ0) is 19.5. The van der Waals surface area contributed by atoms with Gasteiger partial charge in [-0.2, -0.15) is 0 Å². The second-order valence-corrected chi connectivity index (χ2v) is 7.76. The Labute approximate surface area is 166 Å². The van der Waals surface area contributed by atoms with Gasteiger partial charge in [-0.1, -0.05) is 37.0 Å². The van der Waals surface area contributed by atoms with Crippen molar-refractivity contribution in [2.24, 2.45) is 5.92 Å². The summed E-state index contributed by atoms with van der Waals surface area (Å²) in [6, 6.07) is 14.0. The molecule has 1 aromatic heterocycles. The van der Waals surface area contributed by atoms with Crippen LogP contribution < -0.4 is 5.32 Å². The van der Waals surface area contributed by atoms with Gasteiger partial charge in [-0.15, -0.1) is 0 Å². The molecular weight excluding hydrogens is 348 g/mol. The van der Waals surface area contributed by atoms with E-state index in [2.05, 4.69) is 42.3 Å². The molecule has 0 unspecified atom stereocenters. The van der Waals surface area contributed by atoms with E-state index in [1.807, 2.05) is 24.3 Å². The van der Waals surface area contributed by atoms with Crippen LogP contribution >= 0.6 is 0 Å². The number of carbonyl (C=O) groups is 1. The molecule has 28 heavy (non-hydrogen) atoms. The zero-order valence-corrected chi connectivity index (χ0v) is 16.5. The van der Waals surface area contributed by atoms with Crippen LogP contribution in [0.25, 0.3) is 22.7 Å². The molecule has 0 radical (unpaired) electrons. The third kappa shape index (κ3) is 4.01. The summed E-state index contributed by atoms with van der Waals surface area (Å²) < 4.78 is 5.72. The van der Waals surface area contributed by atoms with E-state index < -0.39 is 0 Å². The minimum atomic E-state index is 0.140.